The summed E-state index contributed by atoms with van der Waals surface area (Å²) in [5, 5.41) is 8.56. The topological polar surface area (TPSA) is 66.0 Å². The molecular weight excluding hydrogens is 451 g/mol. The van der Waals surface area contributed by atoms with E-state index < -0.39 is 0 Å². The summed E-state index contributed by atoms with van der Waals surface area (Å²) in [5.41, 5.74) is 0. The van der Waals surface area contributed by atoms with Crippen molar-refractivity contribution in [2.45, 2.75) is 32.2 Å². The lowest BCUT2D eigenvalue weighted by Gasteiger charge is -2.25. The van der Waals surface area contributed by atoms with E-state index in [0.717, 1.165) is 25.6 Å². The number of hydrogen-bond acceptors (Lipinski definition) is 5. The predicted molar refractivity (Wildman–Crippen MR) is 114 cm³/mol. The summed E-state index contributed by atoms with van der Waals surface area (Å²) >= 11 is 1.79. The van der Waals surface area contributed by atoms with E-state index in [1.165, 1.54) is 24.8 Å². The van der Waals surface area contributed by atoms with Crippen molar-refractivity contribution in [2.24, 2.45) is 4.99 Å². The molecule has 2 rings (SSSR count). The molecule has 0 aliphatic carbocycles. The molecule has 25 heavy (non-hydrogen) atoms. The van der Waals surface area contributed by atoms with Crippen LogP contribution in [0.15, 0.2) is 22.5 Å². The number of nitrogens with one attached hydrogen (secondary N) is 2. The minimum atomic E-state index is -0.216. The molecule has 0 amide bonds. The highest BCUT2D eigenvalue weighted by molar-refractivity contribution is 14.0. The van der Waals surface area contributed by atoms with Gasteiger partial charge < -0.3 is 15.4 Å². The largest absolute Gasteiger partial charge is 0.469 e. The first-order valence-electron chi connectivity index (χ1n) is 8.61. The normalized spacial score (nSPS) is 16.2. The van der Waals surface area contributed by atoms with Crippen LogP contribution in [-0.4, -0.2) is 56.7 Å². The Morgan fingerprint density at radius 1 is 1.40 bits per heavy atom. The number of rotatable bonds is 8. The van der Waals surface area contributed by atoms with Crippen molar-refractivity contribution in [3.8, 4) is 0 Å². The summed E-state index contributed by atoms with van der Waals surface area (Å²) in [4.78, 5) is 19.9. The quantitative estimate of drug-likeness (QED) is 0.259. The molecule has 1 atom stereocenters. The number of thiophene rings is 1. The second kappa shape index (κ2) is 12.5. The van der Waals surface area contributed by atoms with E-state index in [4.69, 9.17) is 4.99 Å². The zero-order chi connectivity index (χ0) is 17.2. The third-order valence-corrected chi connectivity index (χ3v) is 5.04. The van der Waals surface area contributed by atoms with Gasteiger partial charge in [-0.2, -0.15) is 0 Å². The molecular formula is C17H29IN4O2S. The molecule has 142 valence electrons. The standard InChI is InChI=1S/C17H28N4O2S.HI/c1-3-18-17(19-9-8-16(22)23-2)20-13-14(15-7-6-12-24-15)21-10-4-5-11-21;/h6-7,12,14H,3-5,8-11,13H2,1-2H3,(H2,18,19,20);1H. The number of aliphatic imine (C=N–C) groups is 1. The summed E-state index contributed by atoms with van der Waals surface area (Å²) in [7, 11) is 1.41. The fraction of sp³-hybridized carbons (Fsp3) is 0.647. The van der Waals surface area contributed by atoms with Crippen molar-refractivity contribution in [3.05, 3.63) is 22.4 Å². The maximum Gasteiger partial charge on any atom is 0.307 e. The predicted octanol–water partition coefficient (Wildman–Crippen LogP) is 2.62. The Labute approximate surface area is 171 Å². The van der Waals surface area contributed by atoms with Gasteiger partial charge in [-0.05, 0) is 44.3 Å². The number of hydrogen-bond donors (Lipinski definition) is 2. The molecule has 1 aromatic rings. The van der Waals surface area contributed by atoms with E-state index in [1.54, 1.807) is 11.3 Å². The van der Waals surface area contributed by atoms with Crippen LogP contribution in [0, 0.1) is 0 Å². The van der Waals surface area contributed by atoms with Crippen LogP contribution in [0.2, 0.25) is 0 Å². The van der Waals surface area contributed by atoms with Gasteiger partial charge in [0.2, 0.25) is 0 Å². The maximum absolute atomic E-state index is 11.2. The average molecular weight is 480 g/mol. The lowest BCUT2D eigenvalue weighted by atomic mass is 10.2. The monoisotopic (exact) mass is 480 g/mol. The molecule has 8 heteroatoms. The van der Waals surface area contributed by atoms with E-state index in [1.807, 2.05) is 6.92 Å². The van der Waals surface area contributed by atoms with Crippen molar-refractivity contribution in [1.29, 1.82) is 0 Å². The van der Waals surface area contributed by atoms with Crippen molar-refractivity contribution < 1.29 is 9.53 Å². The molecule has 0 saturated carbocycles. The maximum atomic E-state index is 11.2. The fourth-order valence-electron chi connectivity index (χ4n) is 2.82. The summed E-state index contributed by atoms with van der Waals surface area (Å²) < 4.78 is 4.66. The Kier molecular flexibility index (Phi) is 11.1. The molecule has 1 aliphatic rings. The SMILES string of the molecule is CCNC(=NCC(c1cccs1)N1CCCC1)NCCC(=O)OC.I. The highest BCUT2D eigenvalue weighted by Gasteiger charge is 2.24. The molecule has 1 unspecified atom stereocenters. The van der Waals surface area contributed by atoms with Crippen molar-refractivity contribution >= 4 is 47.2 Å². The van der Waals surface area contributed by atoms with E-state index >= 15 is 0 Å². The first kappa shape index (κ1) is 22.2. The molecule has 1 fully saturated rings. The van der Waals surface area contributed by atoms with E-state index in [2.05, 4.69) is 37.8 Å². The summed E-state index contributed by atoms with van der Waals surface area (Å²) in [5.74, 6) is 0.536. The number of ether oxygens (including phenoxy) is 1. The zero-order valence-corrected chi connectivity index (χ0v) is 18.1. The molecule has 2 heterocycles. The van der Waals surface area contributed by atoms with Gasteiger partial charge in [-0.15, -0.1) is 35.3 Å². The number of nitrogens with zero attached hydrogens (tertiary/aromatic N) is 2. The molecule has 6 nitrogen and oxygen atoms in total. The molecule has 1 aromatic heterocycles. The van der Waals surface area contributed by atoms with E-state index in [9.17, 15) is 4.79 Å². The van der Waals surface area contributed by atoms with Crippen LogP contribution < -0.4 is 10.6 Å². The minimum absolute atomic E-state index is 0. The molecule has 1 aliphatic heterocycles. The Bertz CT molecular complexity index is 519. The van der Waals surface area contributed by atoms with Crippen LogP contribution >= 0.6 is 35.3 Å². The summed E-state index contributed by atoms with van der Waals surface area (Å²) in [6.07, 6.45) is 2.87. The van der Waals surface area contributed by atoms with Gasteiger partial charge in [0, 0.05) is 18.0 Å². The number of carbonyl (C=O) groups excluding carboxylic acids is 1. The lowest BCUT2D eigenvalue weighted by molar-refractivity contribution is -0.140. The number of esters is 1. The third kappa shape index (κ3) is 7.49. The molecule has 1 saturated heterocycles. The van der Waals surface area contributed by atoms with Crippen molar-refractivity contribution in [2.75, 3.05) is 39.8 Å². The number of likely N-dealkylation sites (tertiary alicyclic amines) is 1. The van der Waals surface area contributed by atoms with Crippen LogP contribution in [0.5, 0.6) is 0 Å². The van der Waals surface area contributed by atoms with Crippen molar-refractivity contribution in [3.63, 3.8) is 0 Å². The van der Waals surface area contributed by atoms with Crippen LogP contribution in [0.4, 0.5) is 0 Å². The van der Waals surface area contributed by atoms with Crippen LogP contribution in [0.1, 0.15) is 37.1 Å². The van der Waals surface area contributed by atoms with Crippen molar-refractivity contribution in [1.82, 2.24) is 15.5 Å². The number of guanidine groups is 1. The fourth-order valence-corrected chi connectivity index (χ4v) is 3.68. The molecule has 0 aromatic carbocycles. The van der Waals surface area contributed by atoms with Gasteiger partial charge in [-0.1, -0.05) is 6.07 Å². The summed E-state index contributed by atoms with van der Waals surface area (Å²) in [6.45, 7) is 6.35. The smallest absolute Gasteiger partial charge is 0.307 e. The first-order valence-corrected chi connectivity index (χ1v) is 9.49. The van der Waals surface area contributed by atoms with Crippen LogP contribution in [0.25, 0.3) is 0 Å². The Morgan fingerprint density at radius 3 is 2.76 bits per heavy atom. The molecule has 0 radical (unpaired) electrons. The zero-order valence-electron chi connectivity index (χ0n) is 15.0. The average Bonchev–Trinajstić information content (AvgIpc) is 3.29. The molecule has 0 spiro atoms. The number of methoxy groups -OCH3 is 1. The second-order valence-electron chi connectivity index (χ2n) is 5.75. The van der Waals surface area contributed by atoms with Gasteiger partial charge in [0.15, 0.2) is 5.96 Å². The highest BCUT2D eigenvalue weighted by Crippen LogP contribution is 2.28. The second-order valence-corrected chi connectivity index (χ2v) is 6.73. The molecule has 2 N–H and O–H groups in total. The minimum Gasteiger partial charge on any atom is -0.469 e. The van der Waals surface area contributed by atoms with E-state index in [0.29, 0.717) is 25.6 Å². The van der Waals surface area contributed by atoms with Gasteiger partial charge in [0.1, 0.15) is 0 Å². The number of halogens is 1. The number of carbonyl (C=O) groups is 1. The van der Waals surface area contributed by atoms with Gasteiger partial charge in [0.25, 0.3) is 0 Å². The first-order chi connectivity index (χ1) is 11.7. The molecule has 0 bridgehead atoms. The van der Waals surface area contributed by atoms with Crippen LogP contribution in [-0.2, 0) is 9.53 Å². The van der Waals surface area contributed by atoms with Gasteiger partial charge in [-0.25, -0.2) is 0 Å². The van der Waals surface area contributed by atoms with Gasteiger partial charge in [-0.3, -0.25) is 14.7 Å². The van der Waals surface area contributed by atoms with Gasteiger partial charge in [0.05, 0.1) is 26.1 Å². The Hall–Kier alpha value is -0.870. The third-order valence-electron chi connectivity index (χ3n) is 4.07. The Morgan fingerprint density at radius 2 is 2.16 bits per heavy atom. The Balaban J connectivity index is 0.00000312. The van der Waals surface area contributed by atoms with Gasteiger partial charge >= 0.3 is 5.97 Å². The van der Waals surface area contributed by atoms with E-state index in [-0.39, 0.29) is 29.9 Å². The lowest BCUT2D eigenvalue weighted by Crippen LogP contribution is -2.39. The van der Waals surface area contributed by atoms with Crippen LogP contribution in [0.3, 0.4) is 0 Å². The summed E-state index contributed by atoms with van der Waals surface area (Å²) in [6, 6.07) is 4.64. The highest BCUT2D eigenvalue weighted by atomic mass is 127.